The summed E-state index contributed by atoms with van der Waals surface area (Å²) in [5.74, 6) is 1.83. The summed E-state index contributed by atoms with van der Waals surface area (Å²) in [6.07, 6.45) is 1.60. The molecule has 4 aromatic rings. The lowest BCUT2D eigenvalue weighted by atomic mass is 10.2. The topological polar surface area (TPSA) is 87.6 Å². The number of anilines is 1. The lowest BCUT2D eigenvalue weighted by Gasteiger charge is -2.36. The van der Waals surface area contributed by atoms with Gasteiger partial charge < -0.3 is 19.3 Å². The molecule has 0 atom stereocenters. The van der Waals surface area contributed by atoms with E-state index in [1.165, 1.54) is 11.8 Å². The van der Waals surface area contributed by atoms with Crippen molar-refractivity contribution in [2.45, 2.75) is 5.16 Å². The number of hydrogen-bond acceptors (Lipinski definition) is 7. The molecule has 9 heteroatoms. The zero-order valence-electron chi connectivity index (χ0n) is 17.9. The standard InChI is InChI=1S/C24H23N5O3S/c30-20-10-8-18(9-11-20)27-12-14-28(15-13-27)22(31)17-33-24-26-25-23(21-7-4-16-32-21)29(24)19-5-2-1-3-6-19/h1-11,16,30H,12-15,17H2. The highest BCUT2D eigenvalue weighted by Crippen LogP contribution is 2.28. The van der Waals surface area contributed by atoms with Gasteiger partial charge in [-0.3, -0.25) is 9.36 Å². The second-order valence-electron chi connectivity index (χ2n) is 7.63. The fourth-order valence-electron chi connectivity index (χ4n) is 3.83. The van der Waals surface area contributed by atoms with Crippen LogP contribution in [-0.4, -0.2) is 62.6 Å². The lowest BCUT2D eigenvalue weighted by Crippen LogP contribution is -2.49. The van der Waals surface area contributed by atoms with Crippen molar-refractivity contribution in [2.75, 3.05) is 36.8 Å². The molecule has 8 nitrogen and oxygen atoms in total. The zero-order valence-corrected chi connectivity index (χ0v) is 18.7. The Morgan fingerprint density at radius 2 is 1.67 bits per heavy atom. The van der Waals surface area contributed by atoms with Gasteiger partial charge in [-0.05, 0) is 48.5 Å². The number of carbonyl (C=O) groups excluding carboxylic acids is 1. The van der Waals surface area contributed by atoms with Crippen LogP contribution in [0.3, 0.4) is 0 Å². The van der Waals surface area contributed by atoms with Gasteiger partial charge in [0.1, 0.15) is 5.75 Å². The minimum atomic E-state index is 0.0764. The van der Waals surface area contributed by atoms with Crippen molar-refractivity contribution >= 4 is 23.4 Å². The first-order valence-electron chi connectivity index (χ1n) is 10.7. The van der Waals surface area contributed by atoms with Crippen LogP contribution in [-0.2, 0) is 4.79 Å². The van der Waals surface area contributed by atoms with Crippen LogP contribution in [0.2, 0.25) is 0 Å². The summed E-state index contributed by atoms with van der Waals surface area (Å²) in [5.41, 5.74) is 1.96. The second kappa shape index (κ2) is 9.41. The van der Waals surface area contributed by atoms with Gasteiger partial charge in [0.2, 0.25) is 11.7 Å². The molecule has 1 saturated heterocycles. The predicted octanol–water partition coefficient (Wildman–Crippen LogP) is 3.67. The highest BCUT2D eigenvalue weighted by Gasteiger charge is 2.23. The van der Waals surface area contributed by atoms with Crippen LogP contribution in [0.25, 0.3) is 17.3 Å². The van der Waals surface area contributed by atoms with E-state index in [2.05, 4.69) is 15.1 Å². The van der Waals surface area contributed by atoms with E-state index in [0.29, 0.717) is 29.8 Å². The van der Waals surface area contributed by atoms with Crippen LogP contribution in [0.15, 0.2) is 82.6 Å². The van der Waals surface area contributed by atoms with E-state index in [-0.39, 0.29) is 17.4 Å². The molecule has 2 aromatic carbocycles. The number of phenolic OH excluding ortho intramolecular Hbond substituents is 1. The van der Waals surface area contributed by atoms with Gasteiger partial charge in [-0.25, -0.2) is 0 Å². The number of phenols is 1. The van der Waals surface area contributed by atoms with Crippen LogP contribution in [0.4, 0.5) is 5.69 Å². The average molecular weight is 462 g/mol. The molecule has 3 heterocycles. The summed E-state index contributed by atoms with van der Waals surface area (Å²) in [4.78, 5) is 17.0. The molecule has 1 aliphatic rings. The maximum Gasteiger partial charge on any atom is 0.233 e. The van der Waals surface area contributed by atoms with Crippen LogP contribution in [0.1, 0.15) is 0 Å². The van der Waals surface area contributed by atoms with Crippen molar-refractivity contribution in [3.8, 4) is 23.0 Å². The molecule has 0 unspecified atom stereocenters. The number of furan rings is 1. The molecule has 1 fully saturated rings. The first kappa shape index (κ1) is 21.1. The lowest BCUT2D eigenvalue weighted by molar-refractivity contribution is -0.128. The van der Waals surface area contributed by atoms with E-state index >= 15 is 0 Å². The summed E-state index contributed by atoms with van der Waals surface area (Å²) in [7, 11) is 0. The summed E-state index contributed by atoms with van der Waals surface area (Å²) < 4.78 is 7.46. The molecule has 0 aliphatic carbocycles. The zero-order chi connectivity index (χ0) is 22.6. The molecule has 5 rings (SSSR count). The Balaban J connectivity index is 1.25. The minimum absolute atomic E-state index is 0.0764. The van der Waals surface area contributed by atoms with E-state index in [4.69, 9.17) is 4.42 Å². The van der Waals surface area contributed by atoms with Crippen LogP contribution < -0.4 is 4.90 Å². The molecular weight excluding hydrogens is 438 g/mol. The Morgan fingerprint density at radius 1 is 0.909 bits per heavy atom. The van der Waals surface area contributed by atoms with E-state index < -0.39 is 0 Å². The van der Waals surface area contributed by atoms with E-state index in [0.717, 1.165) is 24.5 Å². The van der Waals surface area contributed by atoms with Gasteiger partial charge in [-0.1, -0.05) is 30.0 Å². The average Bonchev–Trinajstić information content (AvgIpc) is 3.54. The summed E-state index contributed by atoms with van der Waals surface area (Å²) in [5, 5.41) is 18.8. The van der Waals surface area contributed by atoms with Gasteiger partial charge in [-0.2, -0.15) is 0 Å². The van der Waals surface area contributed by atoms with Crippen molar-refractivity contribution in [1.82, 2.24) is 19.7 Å². The third kappa shape index (κ3) is 4.58. The number of benzene rings is 2. The Labute approximate surface area is 195 Å². The first-order chi connectivity index (χ1) is 16.2. The number of aromatic hydroxyl groups is 1. The number of rotatable bonds is 6. The van der Waals surface area contributed by atoms with Crippen molar-refractivity contribution in [3.05, 3.63) is 73.0 Å². The Bertz CT molecular complexity index is 1200. The maximum absolute atomic E-state index is 12.9. The Kier molecular flexibility index (Phi) is 6.03. The Morgan fingerprint density at radius 3 is 2.36 bits per heavy atom. The van der Waals surface area contributed by atoms with Crippen molar-refractivity contribution in [2.24, 2.45) is 0 Å². The first-order valence-corrected chi connectivity index (χ1v) is 11.7. The molecule has 0 bridgehead atoms. The van der Waals surface area contributed by atoms with Crippen molar-refractivity contribution in [3.63, 3.8) is 0 Å². The van der Waals surface area contributed by atoms with Gasteiger partial charge in [0, 0.05) is 37.6 Å². The minimum Gasteiger partial charge on any atom is -0.508 e. The van der Waals surface area contributed by atoms with Crippen molar-refractivity contribution < 1.29 is 14.3 Å². The van der Waals surface area contributed by atoms with Gasteiger partial charge in [0.15, 0.2) is 10.9 Å². The highest BCUT2D eigenvalue weighted by atomic mass is 32.2. The monoisotopic (exact) mass is 461 g/mol. The van der Waals surface area contributed by atoms with Crippen LogP contribution in [0.5, 0.6) is 5.75 Å². The third-order valence-corrected chi connectivity index (χ3v) is 6.47. The van der Waals surface area contributed by atoms with Crippen LogP contribution >= 0.6 is 11.8 Å². The van der Waals surface area contributed by atoms with E-state index in [9.17, 15) is 9.90 Å². The number of thioether (sulfide) groups is 1. The van der Waals surface area contributed by atoms with Gasteiger partial charge in [0.05, 0.1) is 12.0 Å². The predicted molar refractivity (Wildman–Crippen MR) is 127 cm³/mol. The van der Waals surface area contributed by atoms with E-state index in [1.807, 2.05) is 64.1 Å². The number of aromatic nitrogens is 3. The summed E-state index contributed by atoms with van der Waals surface area (Å²) in [6, 6.07) is 20.6. The fourth-order valence-corrected chi connectivity index (χ4v) is 4.69. The molecule has 0 radical (unpaired) electrons. The number of piperazine rings is 1. The van der Waals surface area contributed by atoms with Crippen LogP contribution in [0, 0.1) is 0 Å². The quantitative estimate of drug-likeness (QED) is 0.438. The second-order valence-corrected chi connectivity index (χ2v) is 8.57. The maximum atomic E-state index is 12.9. The summed E-state index contributed by atoms with van der Waals surface area (Å²) >= 11 is 1.38. The SMILES string of the molecule is O=C(CSc1nnc(-c2ccco2)n1-c1ccccc1)N1CCN(c2ccc(O)cc2)CC1. The normalized spacial score (nSPS) is 13.9. The number of carbonyl (C=O) groups is 1. The number of hydrogen-bond donors (Lipinski definition) is 1. The molecule has 2 aromatic heterocycles. The number of amides is 1. The Hall–Kier alpha value is -3.72. The molecule has 33 heavy (non-hydrogen) atoms. The molecule has 1 N–H and O–H groups in total. The molecule has 168 valence electrons. The number of para-hydroxylation sites is 1. The van der Waals surface area contributed by atoms with Gasteiger partial charge >= 0.3 is 0 Å². The smallest absolute Gasteiger partial charge is 0.233 e. The molecular formula is C24H23N5O3S. The molecule has 0 saturated carbocycles. The van der Waals surface area contributed by atoms with Crippen molar-refractivity contribution in [1.29, 1.82) is 0 Å². The fraction of sp³-hybridized carbons (Fsp3) is 0.208. The third-order valence-electron chi connectivity index (χ3n) is 5.56. The number of nitrogens with zero attached hydrogens (tertiary/aromatic N) is 5. The van der Waals surface area contributed by atoms with Gasteiger partial charge in [0.25, 0.3) is 0 Å². The van der Waals surface area contributed by atoms with Gasteiger partial charge in [-0.15, -0.1) is 10.2 Å². The molecule has 1 aliphatic heterocycles. The summed E-state index contributed by atoms with van der Waals surface area (Å²) in [6.45, 7) is 2.82. The van der Waals surface area contributed by atoms with E-state index in [1.54, 1.807) is 18.4 Å². The molecule has 0 spiro atoms. The molecule has 1 amide bonds. The highest BCUT2D eigenvalue weighted by molar-refractivity contribution is 7.99. The largest absolute Gasteiger partial charge is 0.508 e.